The van der Waals surface area contributed by atoms with E-state index in [2.05, 4.69) is 26.6 Å². The van der Waals surface area contributed by atoms with Gasteiger partial charge in [0.15, 0.2) is 0 Å². The van der Waals surface area contributed by atoms with E-state index in [1.54, 1.807) is 12.1 Å². The molecule has 2 rings (SSSR count). The molecule has 1 aromatic carbocycles. The topological polar surface area (TPSA) is 24.1 Å². The zero-order valence-electron chi connectivity index (χ0n) is 7.99. The van der Waals surface area contributed by atoms with E-state index in [1.165, 1.54) is 0 Å². The Bertz CT molecular complexity index is 367. The summed E-state index contributed by atoms with van der Waals surface area (Å²) in [6.45, 7) is 2.48. The van der Waals surface area contributed by atoms with Crippen LogP contribution in [-0.4, -0.2) is 19.6 Å². The molecule has 1 aromatic rings. The number of benzene rings is 1. The van der Waals surface area contributed by atoms with Gasteiger partial charge in [-0.25, -0.2) is 4.39 Å². The van der Waals surface area contributed by atoms with Gasteiger partial charge in [0.2, 0.25) is 0 Å². The highest BCUT2D eigenvalue weighted by Gasteiger charge is 2.19. The van der Waals surface area contributed by atoms with Crippen molar-refractivity contribution in [3.63, 3.8) is 0 Å². The Balaban J connectivity index is 2.33. The second-order valence-corrected chi connectivity index (χ2v) is 4.79. The lowest BCUT2D eigenvalue weighted by Gasteiger charge is -2.25. The van der Waals surface area contributed by atoms with Crippen molar-refractivity contribution in [2.75, 3.05) is 19.6 Å². The Hall–Kier alpha value is -0.160. The lowest BCUT2D eigenvalue weighted by atomic mass is 10.0. The zero-order valence-corrected chi connectivity index (χ0v) is 10.3. The molecule has 2 N–H and O–H groups in total. The summed E-state index contributed by atoms with van der Waals surface area (Å²) in [5.41, 5.74) is 0.613. The van der Waals surface area contributed by atoms with Gasteiger partial charge >= 0.3 is 0 Å². The van der Waals surface area contributed by atoms with Crippen LogP contribution in [0.25, 0.3) is 0 Å². The molecule has 0 bridgehead atoms. The summed E-state index contributed by atoms with van der Waals surface area (Å²) in [7, 11) is 0. The van der Waals surface area contributed by atoms with E-state index in [0.29, 0.717) is 15.1 Å². The van der Waals surface area contributed by atoms with E-state index in [9.17, 15) is 4.39 Å². The van der Waals surface area contributed by atoms with Gasteiger partial charge in [0.05, 0.1) is 4.47 Å². The van der Waals surface area contributed by atoms with Crippen LogP contribution in [0, 0.1) is 5.82 Å². The third-order valence-electron chi connectivity index (χ3n) is 2.44. The lowest BCUT2D eigenvalue weighted by molar-refractivity contribution is 0.416. The van der Waals surface area contributed by atoms with Crippen LogP contribution in [0.5, 0.6) is 0 Å². The lowest BCUT2D eigenvalue weighted by Crippen LogP contribution is -2.43. The fourth-order valence-electron chi connectivity index (χ4n) is 1.70. The first-order chi connectivity index (χ1) is 7.18. The largest absolute Gasteiger partial charge is 0.314 e. The SMILES string of the molecule is Fc1c(Br)cc(Cl)cc1C1CNCCN1. The van der Waals surface area contributed by atoms with Crippen molar-refractivity contribution in [2.24, 2.45) is 0 Å². The summed E-state index contributed by atoms with van der Waals surface area (Å²) in [5, 5.41) is 7.01. The van der Waals surface area contributed by atoms with Crippen LogP contribution in [0.3, 0.4) is 0 Å². The maximum atomic E-state index is 13.8. The first-order valence-corrected chi connectivity index (χ1v) is 5.94. The van der Waals surface area contributed by atoms with E-state index in [0.717, 1.165) is 19.6 Å². The molecule has 82 valence electrons. The van der Waals surface area contributed by atoms with E-state index in [-0.39, 0.29) is 11.9 Å². The summed E-state index contributed by atoms with van der Waals surface area (Å²) >= 11 is 9.05. The quantitative estimate of drug-likeness (QED) is 0.777. The summed E-state index contributed by atoms with van der Waals surface area (Å²) in [6.07, 6.45) is 0. The number of hydrogen-bond acceptors (Lipinski definition) is 2. The van der Waals surface area contributed by atoms with Gasteiger partial charge in [-0.1, -0.05) is 11.6 Å². The molecule has 1 saturated heterocycles. The zero-order chi connectivity index (χ0) is 10.8. The van der Waals surface area contributed by atoms with Crippen LogP contribution in [0.4, 0.5) is 4.39 Å². The molecule has 1 aliphatic rings. The standard InChI is InChI=1S/C10H11BrClFN2/c11-8-4-6(12)3-7(10(8)13)9-5-14-1-2-15-9/h3-4,9,14-15H,1-2,5H2. The van der Waals surface area contributed by atoms with E-state index >= 15 is 0 Å². The van der Waals surface area contributed by atoms with Crippen molar-refractivity contribution in [1.29, 1.82) is 0 Å². The smallest absolute Gasteiger partial charge is 0.142 e. The van der Waals surface area contributed by atoms with Crippen LogP contribution in [0.15, 0.2) is 16.6 Å². The molecule has 0 saturated carbocycles. The van der Waals surface area contributed by atoms with E-state index < -0.39 is 0 Å². The summed E-state index contributed by atoms with van der Waals surface area (Å²) in [4.78, 5) is 0. The van der Waals surface area contributed by atoms with Gasteiger partial charge in [0.25, 0.3) is 0 Å². The second-order valence-electron chi connectivity index (χ2n) is 3.50. The molecular formula is C10H11BrClFN2. The molecule has 2 nitrogen and oxygen atoms in total. The number of hydrogen-bond donors (Lipinski definition) is 2. The van der Waals surface area contributed by atoms with Crippen molar-refractivity contribution < 1.29 is 4.39 Å². The Labute approximate surface area is 101 Å². The second kappa shape index (κ2) is 4.78. The molecule has 1 unspecified atom stereocenters. The van der Waals surface area contributed by atoms with Crippen molar-refractivity contribution >= 4 is 27.5 Å². The summed E-state index contributed by atoms with van der Waals surface area (Å²) in [5.74, 6) is -0.236. The van der Waals surface area contributed by atoms with E-state index in [4.69, 9.17) is 11.6 Å². The maximum Gasteiger partial charge on any atom is 0.142 e. The maximum absolute atomic E-state index is 13.8. The van der Waals surface area contributed by atoms with Crippen LogP contribution in [0.1, 0.15) is 11.6 Å². The Morgan fingerprint density at radius 1 is 1.40 bits per heavy atom. The molecule has 1 atom stereocenters. The molecule has 1 aliphatic heterocycles. The number of piperazine rings is 1. The molecule has 0 aliphatic carbocycles. The van der Waals surface area contributed by atoms with Gasteiger partial charge in [0, 0.05) is 36.3 Å². The summed E-state index contributed by atoms with van der Waals surface area (Å²) < 4.78 is 14.2. The molecule has 0 amide bonds. The molecule has 0 spiro atoms. The molecule has 1 heterocycles. The third kappa shape index (κ3) is 2.50. The van der Waals surface area contributed by atoms with Crippen LogP contribution < -0.4 is 10.6 Å². The van der Waals surface area contributed by atoms with Gasteiger partial charge in [-0.05, 0) is 28.1 Å². The first kappa shape index (κ1) is 11.3. The van der Waals surface area contributed by atoms with Gasteiger partial charge in [-0.15, -0.1) is 0 Å². The monoisotopic (exact) mass is 292 g/mol. The normalized spacial score (nSPS) is 21.7. The fraction of sp³-hybridized carbons (Fsp3) is 0.400. The number of rotatable bonds is 1. The summed E-state index contributed by atoms with van der Waals surface area (Å²) in [6, 6.07) is 3.23. The minimum Gasteiger partial charge on any atom is -0.314 e. The average Bonchev–Trinajstić information content (AvgIpc) is 2.24. The van der Waals surface area contributed by atoms with Gasteiger partial charge in [0.1, 0.15) is 5.82 Å². The number of halogens is 3. The molecule has 0 radical (unpaired) electrons. The highest BCUT2D eigenvalue weighted by Crippen LogP contribution is 2.28. The van der Waals surface area contributed by atoms with Gasteiger partial charge in [-0.3, -0.25) is 0 Å². The van der Waals surface area contributed by atoms with Crippen LogP contribution >= 0.6 is 27.5 Å². The molecule has 0 aromatic heterocycles. The van der Waals surface area contributed by atoms with Crippen molar-refractivity contribution in [3.05, 3.63) is 33.0 Å². The highest BCUT2D eigenvalue weighted by molar-refractivity contribution is 9.10. The average molecular weight is 294 g/mol. The Morgan fingerprint density at radius 2 is 2.20 bits per heavy atom. The molecule has 5 heteroatoms. The predicted molar refractivity (Wildman–Crippen MR) is 62.7 cm³/mol. The van der Waals surface area contributed by atoms with Crippen molar-refractivity contribution in [3.8, 4) is 0 Å². The minimum absolute atomic E-state index is 0.00579. The van der Waals surface area contributed by atoms with Crippen molar-refractivity contribution in [1.82, 2.24) is 10.6 Å². The van der Waals surface area contributed by atoms with Crippen molar-refractivity contribution in [2.45, 2.75) is 6.04 Å². The van der Waals surface area contributed by atoms with E-state index in [1.807, 2.05) is 0 Å². The highest BCUT2D eigenvalue weighted by atomic mass is 79.9. The minimum atomic E-state index is -0.236. The fourth-order valence-corrected chi connectivity index (χ4v) is 2.54. The van der Waals surface area contributed by atoms with Crippen LogP contribution in [-0.2, 0) is 0 Å². The number of nitrogens with one attached hydrogen (secondary N) is 2. The predicted octanol–water partition coefficient (Wildman–Crippen LogP) is 2.48. The van der Waals surface area contributed by atoms with Gasteiger partial charge in [-0.2, -0.15) is 0 Å². The van der Waals surface area contributed by atoms with Crippen LogP contribution in [0.2, 0.25) is 5.02 Å². The third-order valence-corrected chi connectivity index (χ3v) is 3.23. The Morgan fingerprint density at radius 3 is 2.87 bits per heavy atom. The molecular weight excluding hydrogens is 282 g/mol. The molecule has 15 heavy (non-hydrogen) atoms. The van der Waals surface area contributed by atoms with Gasteiger partial charge < -0.3 is 10.6 Å². The molecule has 1 fully saturated rings. The first-order valence-electron chi connectivity index (χ1n) is 4.77. The Kier molecular flexibility index (Phi) is 3.61.